The smallest absolute Gasteiger partial charge is 0.248 e. The molecule has 0 saturated heterocycles. The summed E-state index contributed by atoms with van der Waals surface area (Å²) in [6.45, 7) is 0.940. The molecule has 0 saturated carbocycles. The van der Waals surface area contributed by atoms with Gasteiger partial charge in [-0.05, 0) is 6.07 Å². The molecule has 0 fully saturated rings. The zero-order chi connectivity index (χ0) is 6.97. The maximum atomic E-state index is 10.7. The average molecular weight is 136 g/mol. The van der Waals surface area contributed by atoms with E-state index in [1.807, 2.05) is 6.07 Å². The highest BCUT2D eigenvalue weighted by Gasteiger charge is 2.08. The Labute approximate surface area is 58.1 Å². The molecule has 1 aliphatic heterocycles. The lowest BCUT2D eigenvalue weighted by molar-refractivity contribution is 1.03. The molecule has 2 heterocycles. The second-order valence-electron chi connectivity index (χ2n) is 2.39. The lowest BCUT2D eigenvalue weighted by atomic mass is 10.3. The van der Waals surface area contributed by atoms with Crippen molar-refractivity contribution >= 4 is 5.69 Å². The predicted molar refractivity (Wildman–Crippen MR) is 39.3 cm³/mol. The summed E-state index contributed by atoms with van der Waals surface area (Å²) in [5.41, 5.74) is 2.09. The first-order chi connectivity index (χ1) is 4.86. The maximum Gasteiger partial charge on any atom is 0.248 e. The van der Waals surface area contributed by atoms with Gasteiger partial charge in [-0.15, -0.1) is 0 Å². The lowest BCUT2D eigenvalue weighted by Gasteiger charge is -1.94. The molecule has 0 aliphatic carbocycles. The van der Waals surface area contributed by atoms with Crippen molar-refractivity contribution in [1.82, 2.24) is 4.98 Å². The van der Waals surface area contributed by atoms with Crippen molar-refractivity contribution in [2.24, 2.45) is 0 Å². The van der Waals surface area contributed by atoms with Gasteiger partial charge in [-0.2, -0.15) is 0 Å². The third kappa shape index (κ3) is 0.708. The molecule has 10 heavy (non-hydrogen) atoms. The van der Waals surface area contributed by atoms with Gasteiger partial charge < -0.3 is 10.3 Å². The molecule has 0 amide bonds. The van der Waals surface area contributed by atoms with Crippen molar-refractivity contribution in [2.45, 2.75) is 6.42 Å². The van der Waals surface area contributed by atoms with Crippen LogP contribution in [-0.4, -0.2) is 11.5 Å². The summed E-state index contributed by atoms with van der Waals surface area (Å²) in [6.07, 6.45) is 0.936. The molecular weight excluding hydrogens is 128 g/mol. The molecule has 0 spiro atoms. The number of aromatic amines is 1. The number of nitrogens with one attached hydrogen (secondary N) is 2. The molecule has 0 bridgehead atoms. The van der Waals surface area contributed by atoms with E-state index in [2.05, 4.69) is 10.3 Å². The third-order valence-electron chi connectivity index (χ3n) is 1.69. The topological polar surface area (TPSA) is 44.9 Å². The van der Waals surface area contributed by atoms with Crippen LogP contribution in [0.4, 0.5) is 5.69 Å². The number of pyridine rings is 1. The molecule has 0 radical (unpaired) electrons. The van der Waals surface area contributed by atoms with Crippen molar-refractivity contribution < 1.29 is 0 Å². The highest BCUT2D eigenvalue weighted by Crippen LogP contribution is 2.15. The van der Waals surface area contributed by atoms with Gasteiger partial charge in [0.2, 0.25) is 5.56 Å². The van der Waals surface area contributed by atoms with Crippen LogP contribution >= 0.6 is 0 Å². The average Bonchev–Trinajstić information content (AvgIpc) is 2.33. The minimum absolute atomic E-state index is 0.0116. The number of aromatic nitrogens is 1. The predicted octanol–water partition coefficient (Wildman–Crippen LogP) is 0.343. The molecule has 2 N–H and O–H groups in total. The number of H-pyrrole nitrogens is 1. The second kappa shape index (κ2) is 1.87. The summed E-state index contributed by atoms with van der Waals surface area (Å²) in [6, 6.07) is 3.36. The quantitative estimate of drug-likeness (QED) is 0.540. The molecule has 52 valence electrons. The SMILES string of the molecule is O=c1ccc2c([nH]1)CCN2. The van der Waals surface area contributed by atoms with E-state index in [0.717, 1.165) is 24.3 Å². The van der Waals surface area contributed by atoms with Gasteiger partial charge in [-0.3, -0.25) is 4.79 Å². The van der Waals surface area contributed by atoms with E-state index in [0.29, 0.717) is 0 Å². The van der Waals surface area contributed by atoms with Gasteiger partial charge in [0, 0.05) is 24.7 Å². The number of anilines is 1. The van der Waals surface area contributed by atoms with Gasteiger partial charge >= 0.3 is 0 Å². The third-order valence-corrected chi connectivity index (χ3v) is 1.69. The molecule has 3 heteroatoms. The van der Waals surface area contributed by atoms with Crippen LogP contribution in [0, 0.1) is 0 Å². The second-order valence-corrected chi connectivity index (χ2v) is 2.39. The van der Waals surface area contributed by atoms with Crippen molar-refractivity contribution in [1.29, 1.82) is 0 Å². The van der Waals surface area contributed by atoms with Crippen LogP contribution in [0.1, 0.15) is 5.69 Å². The van der Waals surface area contributed by atoms with Crippen molar-refractivity contribution in [3.63, 3.8) is 0 Å². The Kier molecular flexibility index (Phi) is 1.03. The highest BCUT2D eigenvalue weighted by atomic mass is 16.1. The summed E-state index contributed by atoms with van der Waals surface area (Å²) in [5, 5.41) is 3.16. The van der Waals surface area contributed by atoms with Crippen molar-refractivity contribution in [2.75, 3.05) is 11.9 Å². The van der Waals surface area contributed by atoms with Crippen molar-refractivity contribution in [3.8, 4) is 0 Å². The summed E-state index contributed by atoms with van der Waals surface area (Å²) < 4.78 is 0. The van der Waals surface area contributed by atoms with E-state index >= 15 is 0 Å². The molecule has 1 aliphatic rings. The fourth-order valence-corrected chi connectivity index (χ4v) is 1.20. The molecule has 3 nitrogen and oxygen atoms in total. The molecule has 1 aromatic heterocycles. The summed E-state index contributed by atoms with van der Waals surface area (Å²) in [5.74, 6) is 0. The molecular formula is C7H8N2O. The summed E-state index contributed by atoms with van der Waals surface area (Å²) in [7, 11) is 0. The normalized spacial score (nSPS) is 14.4. The van der Waals surface area contributed by atoms with Gasteiger partial charge in [0.15, 0.2) is 0 Å². The highest BCUT2D eigenvalue weighted by molar-refractivity contribution is 5.51. The zero-order valence-corrected chi connectivity index (χ0v) is 5.48. The minimum atomic E-state index is -0.0116. The summed E-state index contributed by atoms with van der Waals surface area (Å²) >= 11 is 0. The minimum Gasteiger partial charge on any atom is -0.383 e. The van der Waals surface area contributed by atoms with Crippen LogP contribution in [0.5, 0.6) is 0 Å². The number of fused-ring (bicyclic) bond motifs is 1. The molecule has 0 aromatic carbocycles. The Balaban J connectivity index is 2.63. The van der Waals surface area contributed by atoms with E-state index in [1.54, 1.807) is 0 Å². The molecule has 2 rings (SSSR count). The van der Waals surface area contributed by atoms with Crippen LogP contribution in [0.25, 0.3) is 0 Å². The van der Waals surface area contributed by atoms with E-state index < -0.39 is 0 Å². The first-order valence-corrected chi connectivity index (χ1v) is 3.32. The van der Waals surface area contributed by atoms with Crippen LogP contribution in [-0.2, 0) is 6.42 Å². The van der Waals surface area contributed by atoms with Gasteiger partial charge in [0.1, 0.15) is 0 Å². The molecule has 0 unspecified atom stereocenters. The Morgan fingerprint density at radius 1 is 1.40 bits per heavy atom. The van der Waals surface area contributed by atoms with E-state index in [1.165, 1.54) is 6.07 Å². The first-order valence-electron chi connectivity index (χ1n) is 3.32. The van der Waals surface area contributed by atoms with E-state index in [4.69, 9.17) is 0 Å². The van der Waals surface area contributed by atoms with Gasteiger partial charge in [0.25, 0.3) is 0 Å². The first kappa shape index (κ1) is 5.53. The Morgan fingerprint density at radius 2 is 2.30 bits per heavy atom. The Hall–Kier alpha value is -1.25. The molecule has 1 aromatic rings. The van der Waals surface area contributed by atoms with Crippen LogP contribution < -0.4 is 10.9 Å². The standard InChI is InChI=1S/C7H8N2O/c10-7-2-1-5-6(9-7)3-4-8-5/h1-2,8H,3-4H2,(H,9,10). The largest absolute Gasteiger partial charge is 0.383 e. The lowest BCUT2D eigenvalue weighted by Crippen LogP contribution is -2.04. The van der Waals surface area contributed by atoms with Crippen molar-refractivity contribution in [3.05, 3.63) is 28.2 Å². The number of hydrogen-bond donors (Lipinski definition) is 2. The van der Waals surface area contributed by atoms with Gasteiger partial charge in [0.05, 0.1) is 5.69 Å². The van der Waals surface area contributed by atoms with E-state index in [-0.39, 0.29) is 5.56 Å². The maximum absolute atomic E-state index is 10.7. The Bertz CT molecular complexity index is 303. The monoisotopic (exact) mass is 136 g/mol. The number of hydrogen-bond acceptors (Lipinski definition) is 2. The van der Waals surface area contributed by atoms with E-state index in [9.17, 15) is 4.79 Å². The fourth-order valence-electron chi connectivity index (χ4n) is 1.20. The number of rotatable bonds is 0. The van der Waals surface area contributed by atoms with Gasteiger partial charge in [-0.1, -0.05) is 0 Å². The van der Waals surface area contributed by atoms with Crippen LogP contribution in [0.3, 0.4) is 0 Å². The van der Waals surface area contributed by atoms with Crippen LogP contribution in [0.2, 0.25) is 0 Å². The molecule has 0 atom stereocenters. The zero-order valence-electron chi connectivity index (χ0n) is 5.48. The summed E-state index contributed by atoms with van der Waals surface area (Å²) in [4.78, 5) is 13.5. The fraction of sp³-hybridized carbons (Fsp3) is 0.286. The van der Waals surface area contributed by atoms with Crippen LogP contribution in [0.15, 0.2) is 16.9 Å². The Morgan fingerprint density at radius 3 is 3.20 bits per heavy atom. The van der Waals surface area contributed by atoms with Gasteiger partial charge in [-0.25, -0.2) is 0 Å².